The van der Waals surface area contributed by atoms with Crippen LogP contribution in [0.5, 0.6) is 11.5 Å². The Morgan fingerprint density at radius 1 is 1.22 bits per heavy atom. The van der Waals surface area contributed by atoms with E-state index in [-0.39, 0.29) is 22.7 Å². The third-order valence-electron chi connectivity index (χ3n) is 3.96. The molecule has 0 spiro atoms. The largest absolute Gasteiger partial charge is 0.493 e. The van der Waals surface area contributed by atoms with Gasteiger partial charge in [0.15, 0.2) is 11.5 Å². The van der Waals surface area contributed by atoms with Crippen molar-refractivity contribution in [3.8, 4) is 11.5 Å². The van der Waals surface area contributed by atoms with Crippen molar-refractivity contribution in [1.82, 2.24) is 0 Å². The summed E-state index contributed by atoms with van der Waals surface area (Å²) in [5.74, 6) is -0.124. The van der Waals surface area contributed by atoms with Gasteiger partial charge in [-0.15, -0.1) is 0 Å². The summed E-state index contributed by atoms with van der Waals surface area (Å²) in [6.45, 7) is 4.00. The number of amides is 1. The summed E-state index contributed by atoms with van der Waals surface area (Å²) in [6.07, 6.45) is 0. The van der Waals surface area contributed by atoms with Gasteiger partial charge in [0.2, 0.25) is 0 Å². The fourth-order valence-corrected chi connectivity index (χ4v) is 2.74. The first-order chi connectivity index (χ1) is 12.8. The zero-order valence-electron chi connectivity index (χ0n) is 16.0. The summed E-state index contributed by atoms with van der Waals surface area (Å²) in [7, 11) is 5.26. The van der Waals surface area contributed by atoms with E-state index in [1.54, 1.807) is 13.0 Å². The van der Waals surface area contributed by atoms with Crippen molar-refractivity contribution < 1.29 is 19.2 Å². The Kier molecular flexibility index (Phi) is 6.23. The van der Waals surface area contributed by atoms with Crippen molar-refractivity contribution in [2.24, 2.45) is 0 Å². The number of nitrogens with one attached hydrogen (secondary N) is 1. The average Bonchev–Trinajstić information content (AvgIpc) is 2.61. The minimum Gasteiger partial charge on any atom is -0.493 e. The van der Waals surface area contributed by atoms with Crippen LogP contribution in [-0.2, 0) is 0 Å². The standard InChI is InChI=1S/C19H23N3O5/c1-6-27-18-11-16(22(24)25)14(10-17(18)26-5)19(23)20-13-7-8-15(21(3)4)12(2)9-13/h7-11H,6H2,1-5H3,(H,20,23). The van der Waals surface area contributed by atoms with E-state index in [0.29, 0.717) is 12.3 Å². The van der Waals surface area contributed by atoms with Gasteiger partial charge in [-0.1, -0.05) is 0 Å². The molecule has 0 heterocycles. The van der Waals surface area contributed by atoms with Crippen LogP contribution in [0.4, 0.5) is 17.1 Å². The molecule has 0 radical (unpaired) electrons. The maximum Gasteiger partial charge on any atom is 0.286 e. The van der Waals surface area contributed by atoms with Gasteiger partial charge in [0.25, 0.3) is 11.6 Å². The third-order valence-corrected chi connectivity index (χ3v) is 3.96. The first-order valence-electron chi connectivity index (χ1n) is 8.37. The van der Waals surface area contributed by atoms with Crippen molar-refractivity contribution in [3.05, 3.63) is 51.6 Å². The molecule has 0 fully saturated rings. The number of benzene rings is 2. The molecule has 144 valence electrons. The lowest BCUT2D eigenvalue weighted by Gasteiger charge is -2.17. The number of methoxy groups -OCH3 is 1. The normalized spacial score (nSPS) is 10.3. The van der Waals surface area contributed by atoms with E-state index < -0.39 is 10.8 Å². The summed E-state index contributed by atoms with van der Waals surface area (Å²) < 4.78 is 10.6. The van der Waals surface area contributed by atoms with Crippen molar-refractivity contribution in [2.75, 3.05) is 38.0 Å². The Hall–Kier alpha value is -3.29. The van der Waals surface area contributed by atoms with Gasteiger partial charge in [-0.3, -0.25) is 14.9 Å². The number of carbonyl (C=O) groups is 1. The molecule has 2 aromatic rings. The summed E-state index contributed by atoms with van der Waals surface area (Å²) >= 11 is 0. The van der Waals surface area contributed by atoms with E-state index in [0.717, 1.165) is 11.3 Å². The molecule has 0 aromatic heterocycles. The van der Waals surface area contributed by atoms with Crippen LogP contribution in [-0.4, -0.2) is 38.6 Å². The van der Waals surface area contributed by atoms with Gasteiger partial charge in [-0.25, -0.2) is 0 Å². The molecule has 0 saturated heterocycles. The van der Waals surface area contributed by atoms with Crippen LogP contribution < -0.4 is 19.7 Å². The maximum atomic E-state index is 12.7. The van der Waals surface area contributed by atoms with E-state index in [9.17, 15) is 14.9 Å². The summed E-state index contributed by atoms with van der Waals surface area (Å²) in [4.78, 5) is 25.5. The van der Waals surface area contributed by atoms with Crippen molar-refractivity contribution in [3.63, 3.8) is 0 Å². The number of nitrogens with zero attached hydrogens (tertiary/aromatic N) is 2. The highest BCUT2D eigenvalue weighted by molar-refractivity contribution is 6.07. The zero-order valence-corrected chi connectivity index (χ0v) is 16.0. The predicted molar refractivity (Wildman–Crippen MR) is 104 cm³/mol. The number of hydrogen-bond acceptors (Lipinski definition) is 6. The molecule has 2 rings (SSSR count). The van der Waals surface area contributed by atoms with Crippen LogP contribution in [0.2, 0.25) is 0 Å². The zero-order chi connectivity index (χ0) is 20.1. The molecule has 1 amide bonds. The number of ether oxygens (including phenoxy) is 2. The number of rotatable bonds is 7. The maximum absolute atomic E-state index is 12.7. The molecule has 27 heavy (non-hydrogen) atoms. The summed E-state index contributed by atoms with van der Waals surface area (Å²) in [6, 6.07) is 7.96. The Labute approximate surface area is 157 Å². The highest BCUT2D eigenvalue weighted by atomic mass is 16.6. The quantitative estimate of drug-likeness (QED) is 0.588. The number of nitro groups is 1. The molecule has 0 unspecified atom stereocenters. The minimum atomic E-state index is -0.614. The van der Waals surface area contributed by atoms with Gasteiger partial charge in [-0.2, -0.15) is 0 Å². The fourth-order valence-electron chi connectivity index (χ4n) is 2.74. The fraction of sp³-hybridized carbons (Fsp3) is 0.316. The molecule has 0 atom stereocenters. The number of carbonyl (C=O) groups excluding carboxylic acids is 1. The van der Waals surface area contributed by atoms with E-state index in [1.165, 1.54) is 19.2 Å². The van der Waals surface area contributed by atoms with E-state index >= 15 is 0 Å². The number of nitro benzene ring substituents is 1. The van der Waals surface area contributed by atoms with Crippen LogP contribution in [0.1, 0.15) is 22.8 Å². The lowest BCUT2D eigenvalue weighted by Crippen LogP contribution is -2.15. The van der Waals surface area contributed by atoms with Crippen molar-refractivity contribution >= 4 is 23.0 Å². The molecule has 8 heteroatoms. The molecular formula is C19H23N3O5. The molecule has 1 N–H and O–H groups in total. The van der Waals surface area contributed by atoms with Gasteiger partial charge in [-0.05, 0) is 37.6 Å². The minimum absolute atomic E-state index is 0.102. The van der Waals surface area contributed by atoms with Gasteiger partial charge in [0.05, 0.1) is 24.7 Å². The predicted octanol–water partition coefficient (Wildman–Crippen LogP) is 3.63. The second kappa shape index (κ2) is 8.39. The Morgan fingerprint density at radius 3 is 2.44 bits per heavy atom. The van der Waals surface area contributed by atoms with Crippen LogP contribution in [0, 0.1) is 17.0 Å². The smallest absolute Gasteiger partial charge is 0.286 e. The second-order valence-electron chi connectivity index (χ2n) is 6.06. The molecule has 0 saturated carbocycles. The Morgan fingerprint density at radius 2 is 1.93 bits per heavy atom. The first-order valence-corrected chi connectivity index (χ1v) is 8.37. The van der Waals surface area contributed by atoms with E-state index in [4.69, 9.17) is 9.47 Å². The van der Waals surface area contributed by atoms with Gasteiger partial charge in [0.1, 0.15) is 5.56 Å². The SMILES string of the molecule is CCOc1cc([N+](=O)[O-])c(C(=O)Nc2ccc(N(C)C)c(C)c2)cc1OC. The van der Waals surface area contributed by atoms with Gasteiger partial charge < -0.3 is 19.7 Å². The first kappa shape index (κ1) is 20.0. The van der Waals surface area contributed by atoms with E-state index in [2.05, 4.69) is 5.32 Å². The van der Waals surface area contributed by atoms with Crippen molar-refractivity contribution in [2.45, 2.75) is 13.8 Å². The van der Waals surface area contributed by atoms with Crippen LogP contribution in [0.15, 0.2) is 30.3 Å². The summed E-state index contributed by atoms with van der Waals surface area (Å²) in [5, 5.41) is 14.1. The highest BCUT2D eigenvalue weighted by Gasteiger charge is 2.25. The number of aryl methyl sites for hydroxylation is 1. The molecule has 0 bridgehead atoms. The van der Waals surface area contributed by atoms with Crippen LogP contribution in [0.3, 0.4) is 0 Å². The van der Waals surface area contributed by atoms with Gasteiger partial charge in [0, 0.05) is 31.5 Å². The Bertz CT molecular complexity index is 865. The Balaban J connectivity index is 2.40. The van der Waals surface area contributed by atoms with Crippen molar-refractivity contribution in [1.29, 1.82) is 0 Å². The molecule has 2 aromatic carbocycles. The molecule has 0 aliphatic carbocycles. The van der Waals surface area contributed by atoms with Gasteiger partial charge >= 0.3 is 0 Å². The number of hydrogen-bond donors (Lipinski definition) is 1. The highest BCUT2D eigenvalue weighted by Crippen LogP contribution is 2.35. The third kappa shape index (κ3) is 4.46. The molecular weight excluding hydrogens is 350 g/mol. The monoisotopic (exact) mass is 373 g/mol. The topological polar surface area (TPSA) is 93.9 Å². The lowest BCUT2D eigenvalue weighted by atomic mass is 10.1. The summed E-state index contributed by atoms with van der Waals surface area (Å²) in [5.41, 5.74) is 2.08. The molecule has 8 nitrogen and oxygen atoms in total. The van der Waals surface area contributed by atoms with Crippen LogP contribution in [0.25, 0.3) is 0 Å². The number of anilines is 2. The molecule has 0 aliphatic heterocycles. The lowest BCUT2D eigenvalue weighted by molar-refractivity contribution is -0.385. The van der Waals surface area contributed by atoms with E-state index in [1.807, 2.05) is 38.1 Å². The second-order valence-corrected chi connectivity index (χ2v) is 6.06. The molecule has 0 aliphatic rings. The average molecular weight is 373 g/mol. The van der Waals surface area contributed by atoms with Crippen LogP contribution >= 0.6 is 0 Å².